The minimum atomic E-state index is -0.290. The van der Waals surface area contributed by atoms with Gasteiger partial charge < -0.3 is 14.5 Å². The van der Waals surface area contributed by atoms with Gasteiger partial charge in [0.1, 0.15) is 17.1 Å². The van der Waals surface area contributed by atoms with Gasteiger partial charge in [0.25, 0.3) is 5.56 Å². The van der Waals surface area contributed by atoms with Crippen molar-refractivity contribution < 1.29 is 14.3 Å². The molecule has 0 saturated carbocycles. The minimum absolute atomic E-state index is 0.273. The van der Waals surface area contributed by atoms with E-state index in [0.717, 1.165) is 11.3 Å². The number of benzene rings is 2. The summed E-state index contributed by atoms with van der Waals surface area (Å²) in [5.74, 6) is 0.674. The van der Waals surface area contributed by atoms with E-state index in [9.17, 15) is 9.59 Å². The molecule has 8 nitrogen and oxygen atoms in total. The fourth-order valence-corrected chi connectivity index (χ4v) is 3.48. The second-order valence-corrected chi connectivity index (χ2v) is 7.06. The normalized spacial score (nSPS) is 10.9. The molecule has 0 amide bonds. The molecular weight excluding hydrogens is 396 g/mol. The largest absolute Gasteiger partial charge is 0.496 e. The number of ether oxygens (including phenoxy) is 2. The van der Waals surface area contributed by atoms with Gasteiger partial charge in [-0.3, -0.25) is 9.59 Å². The summed E-state index contributed by atoms with van der Waals surface area (Å²) in [4.78, 5) is 32.0. The molecular formula is C23H22N4O4. The number of fused-ring (bicyclic) bond motifs is 1. The van der Waals surface area contributed by atoms with Crippen molar-refractivity contribution >= 4 is 17.0 Å². The highest BCUT2D eigenvalue weighted by molar-refractivity contribution is 5.81. The van der Waals surface area contributed by atoms with Gasteiger partial charge in [-0.15, -0.1) is 0 Å². The Morgan fingerprint density at radius 2 is 1.90 bits per heavy atom. The Morgan fingerprint density at radius 3 is 2.61 bits per heavy atom. The Balaban J connectivity index is 1.78. The van der Waals surface area contributed by atoms with Crippen molar-refractivity contribution in [3.63, 3.8) is 0 Å². The molecule has 0 spiro atoms. The molecule has 4 rings (SSSR count). The van der Waals surface area contributed by atoms with E-state index in [4.69, 9.17) is 9.47 Å². The number of carbonyl (C=O) groups excluding carboxylic acids is 1. The van der Waals surface area contributed by atoms with Crippen LogP contribution in [-0.4, -0.2) is 39.9 Å². The van der Waals surface area contributed by atoms with Crippen LogP contribution in [0.5, 0.6) is 5.75 Å². The third kappa shape index (κ3) is 3.92. The van der Waals surface area contributed by atoms with Gasteiger partial charge in [-0.25, -0.2) is 9.67 Å². The summed E-state index contributed by atoms with van der Waals surface area (Å²) in [6, 6.07) is 15.0. The molecule has 0 unspecified atom stereocenters. The minimum Gasteiger partial charge on any atom is -0.496 e. The number of hydrogen-bond donors (Lipinski definition) is 1. The maximum Gasteiger partial charge on any atom is 0.305 e. The molecule has 0 aliphatic heterocycles. The molecule has 0 aliphatic carbocycles. The Morgan fingerprint density at radius 1 is 1.13 bits per heavy atom. The topological polar surface area (TPSA) is 99.1 Å². The monoisotopic (exact) mass is 418 g/mol. The molecule has 4 aromatic rings. The van der Waals surface area contributed by atoms with Crippen molar-refractivity contribution in [3.05, 3.63) is 70.1 Å². The number of aromatic nitrogens is 4. The summed E-state index contributed by atoms with van der Waals surface area (Å²) < 4.78 is 11.8. The summed E-state index contributed by atoms with van der Waals surface area (Å²) >= 11 is 0. The van der Waals surface area contributed by atoms with Crippen LogP contribution < -0.4 is 10.3 Å². The lowest BCUT2D eigenvalue weighted by atomic mass is 10.1. The molecule has 1 N–H and O–H groups in total. The Labute approximate surface area is 178 Å². The lowest BCUT2D eigenvalue weighted by Gasteiger charge is -2.10. The van der Waals surface area contributed by atoms with Gasteiger partial charge in [0, 0.05) is 6.42 Å². The number of rotatable bonds is 6. The molecule has 0 atom stereocenters. The van der Waals surface area contributed by atoms with Crippen molar-refractivity contribution in [1.29, 1.82) is 0 Å². The van der Waals surface area contributed by atoms with Crippen molar-refractivity contribution in [2.24, 2.45) is 0 Å². The number of H-pyrrole nitrogens is 1. The first-order chi connectivity index (χ1) is 15.0. The average Bonchev–Trinajstić information content (AvgIpc) is 3.14. The number of carbonyl (C=O) groups is 1. The van der Waals surface area contributed by atoms with Gasteiger partial charge >= 0.3 is 5.97 Å². The van der Waals surface area contributed by atoms with E-state index in [1.54, 1.807) is 11.8 Å². The van der Waals surface area contributed by atoms with Gasteiger partial charge in [-0.05, 0) is 43.2 Å². The van der Waals surface area contributed by atoms with Gasteiger partial charge in [-0.2, -0.15) is 5.10 Å². The van der Waals surface area contributed by atoms with Gasteiger partial charge in [0.05, 0.1) is 31.2 Å². The summed E-state index contributed by atoms with van der Waals surface area (Å²) in [5.41, 5.74) is 3.63. The number of methoxy groups -OCH3 is 2. The standard InChI is InChI=1S/C23H22N4O4/c1-14-20-21(27(26-14)16-7-5-4-6-8-16)23(29)25-22(24-20)17-11-9-15(13-18(17)30-2)10-12-19(28)31-3/h4-9,11,13H,10,12H2,1-3H3,(H,24,25,29). The number of hydrogen-bond acceptors (Lipinski definition) is 6. The first kappa shape index (κ1) is 20.3. The molecule has 0 bridgehead atoms. The van der Waals surface area contributed by atoms with Crippen LogP contribution in [0, 0.1) is 6.92 Å². The highest BCUT2D eigenvalue weighted by Gasteiger charge is 2.18. The Kier molecular flexibility index (Phi) is 5.53. The zero-order chi connectivity index (χ0) is 22.0. The summed E-state index contributed by atoms with van der Waals surface area (Å²) in [7, 11) is 2.92. The zero-order valence-corrected chi connectivity index (χ0v) is 17.5. The highest BCUT2D eigenvalue weighted by Crippen LogP contribution is 2.30. The number of aromatic amines is 1. The number of nitrogens with zero attached hydrogens (tertiary/aromatic N) is 3. The molecule has 0 fully saturated rings. The van der Waals surface area contributed by atoms with Crippen LogP contribution >= 0.6 is 0 Å². The van der Waals surface area contributed by atoms with Crippen LogP contribution in [0.2, 0.25) is 0 Å². The zero-order valence-electron chi connectivity index (χ0n) is 17.5. The van der Waals surface area contributed by atoms with Gasteiger partial charge in [0.15, 0.2) is 5.52 Å². The van der Waals surface area contributed by atoms with E-state index in [2.05, 4.69) is 15.1 Å². The van der Waals surface area contributed by atoms with Crippen molar-refractivity contribution in [2.45, 2.75) is 19.8 Å². The van der Waals surface area contributed by atoms with E-state index in [1.165, 1.54) is 7.11 Å². The predicted molar refractivity (Wildman–Crippen MR) is 117 cm³/mol. The maximum absolute atomic E-state index is 13.0. The number of esters is 1. The van der Waals surface area contributed by atoms with Crippen LogP contribution in [0.1, 0.15) is 17.7 Å². The van der Waals surface area contributed by atoms with E-state index in [1.807, 2.05) is 55.5 Å². The van der Waals surface area contributed by atoms with Crippen LogP contribution in [0.4, 0.5) is 0 Å². The molecule has 2 aromatic carbocycles. The predicted octanol–water partition coefficient (Wildman–Crippen LogP) is 3.20. The lowest BCUT2D eigenvalue weighted by Crippen LogP contribution is -2.13. The summed E-state index contributed by atoms with van der Waals surface area (Å²) in [5, 5.41) is 4.52. The third-order valence-electron chi connectivity index (χ3n) is 5.07. The second kappa shape index (κ2) is 8.43. The highest BCUT2D eigenvalue weighted by atomic mass is 16.5. The van der Waals surface area contributed by atoms with Crippen LogP contribution in [0.15, 0.2) is 53.3 Å². The number of aryl methyl sites for hydroxylation is 2. The average molecular weight is 418 g/mol. The van der Waals surface area contributed by atoms with Crippen molar-refractivity contribution in [2.75, 3.05) is 14.2 Å². The molecule has 158 valence electrons. The van der Waals surface area contributed by atoms with Crippen LogP contribution in [0.25, 0.3) is 28.1 Å². The Bertz CT molecular complexity index is 1310. The molecule has 0 aliphatic rings. The smallest absolute Gasteiger partial charge is 0.305 e. The maximum atomic E-state index is 13.0. The van der Waals surface area contributed by atoms with E-state index < -0.39 is 0 Å². The number of para-hydroxylation sites is 1. The Hall–Kier alpha value is -3.94. The molecule has 0 saturated heterocycles. The molecule has 0 radical (unpaired) electrons. The molecule has 2 heterocycles. The van der Waals surface area contributed by atoms with E-state index in [-0.39, 0.29) is 17.9 Å². The fourth-order valence-electron chi connectivity index (χ4n) is 3.48. The molecule has 2 aromatic heterocycles. The first-order valence-electron chi connectivity index (χ1n) is 9.81. The lowest BCUT2D eigenvalue weighted by molar-refractivity contribution is -0.140. The quantitative estimate of drug-likeness (QED) is 0.483. The number of nitrogens with one attached hydrogen (secondary N) is 1. The summed E-state index contributed by atoms with van der Waals surface area (Å²) in [6.07, 6.45) is 0.799. The van der Waals surface area contributed by atoms with E-state index in [0.29, 0.717) is 40.3 Å². The first-order valence-corrected chi connectivity index (χ1v) is 9.81. The van der Waals surface area contributed by atoms with Crippen molar-refractivity contribution in [3.8, 4) is 22.8 Å². The van der Waals surface area contributed by atoms with Crippen LogP contribution in [-0.2, 0) is 16.0 Å². The van der Waals surface area contributed by atoms with Crippen molar-refractivity contribution in [1.82, 2.24) is 19.7 Å². The molecule has 8 heteroatoms. The second-order valence-electron chi connectivity index (χ2n) is 7.06. The van der Waals surface area contributed by atoms with Crippen LogP contribution in [0.3, 0.4) is 0 Å². The van der Waals surface area contributed by atoms with Gasteiger partial charge in [-0.1, -0.05) is 24.3 Å². The van der Waals surface area contributed by atoms with Gasteiger partial charge in [0.2, 0.25) is 0 Å². The van der Waals surface area contributed by atoms with E-state index >= 15 is 0 Å². The fraction of sp³-hybridized carbons (Fsp3) is 0.217. The SMILES string of the molecule is COC(=O)CCc1ccc(-c2nc3c(C)nn(-c4ccccc4)c3c(=O)[nH]2)c(OC)c1. The summed E-state index contributed by atoms with van der Waals surface area (Å²) in [6.45, 7) is 1.82. The molecule has 31 heavy (non-hydrogen) atoms. The third-order valence-corrected chi connectivity index (χ3v) is 5.07.